The van der Waals surface area contributed by atoms with Crippen molar-refractivity contribution in [3.05, 3.63) is 28.8 Å². The van der Waals surface area contributed by atoms with E-state index in [1.165, 1.54) is 7.11 Å². The van der Waals surface area contributed by atoms with Crippen molar-refractivity contribution >= 4 is 5.78 Å². The second-order valence-corrected chi connectivity index (χ2v) is 3.65. The molecule has 0 fully saturated rings. The van der Waals surface area contributed by atoms with Crippen molar-refractivity contribution in [3.8, 4) is 11.8 Å². The standard InChI is InChI=1S/C12H11NO2/c1-15-12-6-9-5-11(14)3-2-8(9)4-10(12)7-13/h4,6H,2-3,5H2,1H3. The van der Waals surface area contributed by atoms with Crippen LogP contribution >= 0.6 is 0 Å². The third kappa shape index (κ3) is 1.71. The van der Waals surface area contributed by atoms with Crippen LogP contribution in [0.25, 0.3) is 0 Å². The maximum Gasteiger partial charge on any atom is 0.137 e. The van der Waals surface area contributed by atoms with Crippen LogP contribution in [0.4, 0.5) is 0 Å². The number of ketones is 1. The van der Waals surface area contributed by atoms with Crippen LogP contribution in [0.2, 0.25) is 0 Å². The predicted molar refractivity (Wildman–Crippen MR) is 54.7 cm³/mol. The number of benzene rings is 1. The molecule has 0 unspecified atom stereocenters. The summed E-state index contributed by atoms with van der Waals surface area (Å²) in [5, 5.41) is 8.91. The number of fused-ring (bicyclic) bond motifs is 1. The summed E-state index contributed by atoms with van der Waals surface area (Å²) < 4.78 is 5.10. The second-order valence-electron chi connectivity index (χ2n) is 3.65. The van der Waals surface area contributed by atoms with E-state index in [0.717, 1.165) is 17.5 Å². The van der Waals surface area contributed by atoms with E-state index >= 15 is 0 Å². The number of carbonyl (C=O) groups is 1. The molecule has 0 spiro atoms. The molecule has 1 aliphatic carbocycles. The molecule has 0 atom stereocenters. The van der Waals surface area contributed by atoms with Gasteiger partial charge in [0, 0.05) is 12.8 Å². The van der Waals surface area contributed by atoms with Crippen molar-refractivity contribution < 1.29 is 9.53 Å². The molecule has 1 aromatic rings. The first-order valence-electron chi connectivity index (χ1n) is 4.86. The van der Waals surface area contributed by atoms with Gasteiger partial charge < -0.3 is 4.74 Å². The quantitative estimate of drug-likeness (QED) is 0.693. The van der Waals surface area contributed by atoms with E-state index in [4.69, 9.17) is 10.00 Å². The van der Waals surface area contributed by atoms with Crippen LogP contribution in [-0.2, 0) is 17.6 Å². The highest BCUT2D eigenvalue weighted by molar-refractivity contribution is 5.83. The highest BCUT2D eigenvalue weighted by Gasteiger charge is 2.18. The molecule has 0 heterocycles. The van der Waals surface area contributed by atoms with E-state index in [9.17, 15) is 4.79 Å². The number of ether oxygens (including phenoxy) is 1. The van der Waals surface area contributed by atoms with E-state index in [2.05, 4.69) is 6.07 Å². The van der Waals surface area contributed by atoms with Crippen LogP contribution < -0.4 is 4.74 Å². The lowest BCUT2D eigenvalue weighted by Crippen LogP contribution is -2.13. The number of methoxy groups -OCH3 is 1. The number of nitrogens with zero attached hydrogens (tertiary/aromatic N) is 1. The van der Waals surface area contributed by atoms with Crippen molar-refractivity contribution in [2.24, 2.45) is 0 Å². The molecule has 0 saturated heterocycles. The lowest BCUT2D eigenvalue weighted by atomic mass is 9.89. The Hall–Kier alpha value is -1.82. The van der Waals surface area contributed by atoms with Gasteiger partial charge in [0.05, 0.1) is 12.7 Å². The van der Waals surface area contributed by atoms with Crippen molar-refractivity contribution in [1.82, 2.24) is 0 Å². The summed E-state index contributed by atoms with van der Waals surface area (Å²) in [5.41, 5.74) is 2.65. The first-order chi connectivity index (χ1) is 7.24. The average Bonchev–Trinajstić information content (AvgIpc) is 2.27. The first-order valence-corrected chi connectivity index (χ1v) is 4.86. The Labute approximate surface area is 88.3 Å². The molecule has 0 aliphatic heterocycles. The summed E-state index contributed by atoms with van der Waals surface area (Å²) in [4.78, 5) is 11.3. The minimum Gasteiger partial charge on any atom is -0.495 e. The maximum atomic E-state index is 11.3. The minimum atomic E-state index is 0.259. The van der Waals surface area contributed by atoms with Gasteiger partial charge in [-0.15, -0.1) is 0 Å². The maximum absolute atomic E-state index is 11.3. The number of aryl methyl sites for hydroxylation is 1. The molecule has 1 aliphatic rings. The Morgan fingerprint density at radius 2 is 2.13 bits per heavy atom. The SMILES string of the molecule is COc1cc2c(cc1C#N)CCC(=O)C2. The normalized spacial score (nSPS) is 14.3. The van der Waals surface area contributed by atoms with Crippen LogP contribution in [0.1, 0.15) is 23.1 Å². The van der Waals surface area contributed by atoms with Crippen LogP contribution in [0, 0.1) is 11.3 Å². The summed E-state index contributed by atoms with van der Waals surface area (Å²) in [6, 6.07) is 5.74. The average molecular weight is 201 g/mol. The van der Waals surface area contributed by atoms with Crippen LogP contribution in [-0.4, -0.2) is 12.9 Å². The van der Waals surface area contributed by atoms with Crippen molar-refractivity contribution in [3.63, 3.8) is 0 Å². The third-order valence-corrected chi connectivity index (χ3v) is 2.70. The Morgan fingerprint density at radius 1 is 1.33 bits per heavy atom. The number of rotatable bonds is 1. The Morgan fingerprint density at radius 3 is 2.80 bits per heavy atom. The molecule has 0 aromatic heterocycles. The van der Waals surface area contributed by atoms with E-state index in [1.54, 1.807) is 0 Å². The van der Waals surface area contributed by atoms with Gasteiger partial charge in [-0.2, -0.15) is 5.26 Å². The fourth-order valence-corrected chi connectivity index (χ4v) is 1.90. The zero-order valence-corrected chi connectivity index (χ0v) is 8.54. The highest BCUT2D eigenvalue weighted by atomic mass is 16.5. The fraction of sp³-hybridized carbons (Fsp3) is 0.333. The molecule has 3 heteroatoms. The summed E-state index contributed by atoms with van der Waals surface area (Å²) in [7, 11) is 1.53. The van der Waals surface area contributed by atoms with Crippen LogP contribution in [0.3, 0.4) is 0 Å². The third-order valence-electron chi connectivity index (χ3n) is 2.70. The minimum absolute atomic E-state index is 0.259. The molecule has 1 aromatic carbocycles. The number of Topliss-reactive ketones (excluding diaryl/α,β-unsaturated/α-hetero) is 1. The molecule has 0 bridgehead atoms. The smallest absolute Gasteiger partial charge is 0.137 e. The van der Waals surface area contributed by atoms with Crippen molar-refractivity contribution in [1.29, 1.82) is 5.26 Å². The summed E-state index contributed by atoms with van der Waals surface area (Å²) in [5.74, 6) is 0.820. The Kier molecular flexibility index (Phi) is 2.42. The summed E-state index contributed by atoms with van der Waals surface area (Å²) >= 11 is 0. The molecule has 0 saturated carbocycles. The number of carbonyl (C=O) groups excluding carboxylic acids is 1. The zero-order chi connectivity index (χ0) is 10.8. The van der Waals surface area contributed by atoms with Crippen molar-refractivity contribution in [2.45, 2.75) is 19.3 Å². The number of hydrogen-bond acceptors (Lipinski definition) is 3. The van der Waals surface area contributed by atoms with Gasteiger partial charge in [0.15, 0.2) is 0 Å². The van der Waals surface area contributed by atoms with Gasteiger partial charge in [-0.1, -0.05) is 0 Å². The molecule has 3 nitrogen and oxygen atoms in total. The van der Waals surface area contributed by atoms with Gasteiger partial charge in [-0.25, -0.2) is 0 Å². The monoisotopic (exact) mass is 201 g/mol. The largest absolute Gasteiger partial charge is 0.495 e. The molecule has 0 radical (unpaired) electrons. The molecular formula is C12H11NO2. The van der Waals surface area contributed by atoms with Gasteiger partial charge in [0.2, 0.25) is 0 Å². The van der Waals surface area contributed by atoms with Crippen molar-refractivity contribution in [2.75, 3.05) is 7.11 Å². The summed E-state index contributed by atoms with van der Waals surface area (Å²) in [6.07, 6.45) is 1.80. The lowest BCUT2D eigenvalue weighted by molar-refractivity contribution is -0.118. The van der Waals surface area contributed by atoms with E-state index in [-0.39, 0.29) is 5.78 Å². The molecule has 15 heavy (non-hydrogen) atoms. The van der Waals surface area contributed by atoms with Crippen LogP contribution in [0.15, 0.2) is 12.1 Å². The zero-order valence-electron chi connectivity index (χ0n) is 8.54. The Balaban J connectivity index is 2.51. The van der Waals surface area contributed by atoms with E-state index in [1.807, 2.05) is 12.1 Å². The predicted octanol–water partition coefficient (Wildman–Crippen LogP) is 1.62. The molecule has 76 valence electrons. The van der Waals surface area contributed by atoms with E-state index in [0.29, 0.717) is 24.2 Å². The summed E-state index contributed by atoms with van der Waals surface area (Å²) in [6.45, 7) is 0. The number of hydrogen-bond donors (Lipinski definition) is 0. The molecular weight excluding hydrogens is 190 g/mol. The van der Waals surface area contributed by atoms with Gasteiger partial charge in [-0.3, -0.25) is 4.79 Å². The highest BCUT2D eigenvalue weighted by Crippen LogP contribution is 2.27. The lowest BCUT2D eigenvalue weighted by Gasteiger charge is -2.16. The topological polar surface area (TPSA) is 50.1 Å². The van der Waals surface area contributed by atoms with Gasteiger partial charge >= 0.3 is 0 Å². The molecule has 0 amide bonds. The van der Waals surface area contributed by atoms with E-state index < -0.39 is 0 Å². The first kappa shape index (κ1) is 9.72. The van der Waals surface area contributed by atoms with Gasteiger partial charge in [-0.05, 0) is 29.7 Å². The fourth-order valence-electron chi connectivity index (χ4n) is 1.90. The Bertz CT molecular complexity index is 457. The molecule has 0 N–H and O–H groups in total. The number of nitriles is 1. The van der Waals surface area contributed by atoms with Gasteiger partial charge in [0.25, 0.3) is 0 Å². The second kappa shape index (κ2) is 3.74. The molecule has 2 rings (SSSR count). The van der Waals surface area contributed by atoms with Gasteiger partial charge in [0.1, 0.15) is 17.6 Å². The van der Waals surface area contributed by atoms with Crippen LogP contribution in [0.5, 0.6) is 5.75 Å².